The first kappa shape index (κ1) is 22.3. The molecule has 1 amide bonds. The fourth-order valence-corrected chi connectivity index (χ4v) is 4.29. The zero-order valence-electron chi connectivity index (χ0n) is 17.1. The molecule has 12 heteroatoms. The molecule has 0 aromatic carbocycles. The number of fused-ring (bicyclic) bond motifs is 1. The van der Waals surface area contributed by atoms with Crippen LogP contribution in [0.2, 0.25) is 4.34 Å². The predicted octanol–water partition coefficient (Wildman–Crippen LogP) is 4.76. The van der Waals surface area contributed by atoms with E-state index in [-0.39, 0.29) is 17.0 Å². The Balaban J connectivity index is 1.54. The third-order valence-electron chi connectivity index (χ3n) is 4.71. The van der Waals surface area contributed by atoms with E-state index >= 15 is 0 Å². The molecule has 0 fully saturated rings. The second kappa shape index (κ2) is 8.55. The van der Waals surface area contributed by atoms with Gasteiger partial charge in [-0.25, -0.2) is 9.50 Å². The van der Waals surface area contributed by atoms with Gasteiger partial charge in [0, 0.05) is 24.8 Å². The summed E-state index contributed by atoms with van der Waals surface area (Å²) in [4.78, 5) is 17.2. The first-order chi connectivity index (χ1) is 15.1. The van der Waals surface area contributed by atoms with E-state index in [0.29, 0.717) is 33.2 Å². The van der Waals surface area contributed by atoms with Crippen molar-refractivity contribution in [2.24, 2.45) is 0 Å². The molecule has 0 aliphatic carbocycles. The van der Waals surface area contributed by atoms with Gasteiger partial charge in [-0.3, -0.25) is 9.48 Å². The van der Waals surface area contributed by atoms with E-state index < -0.39 is 17.8 Å². The average molecular weight is 483 g/mol. The van der Waals surface area contributed by atoms with Gasteiger partial charge >= 0.3 is 6.18 Å². The van der Waals surface area contributed by atoms with Gasteiger partial charge < -0.3 is 5.32 Å². The van der Waals surface area contributed by atoms with Crippen molar-refractivity contribution >= 4 is 34.5 Å². The van der Waals surface area contributed by atoms with Crippen LogP contribution in [0, 0.1) is 13.8 Å². The molecule has 168 valence electrons. The Morgan fingerprint density at radius 2 is 1.97 bits per heavy atom. The van der Waals surface area contributed by atoms with Gasteiger partial charge in [0.15, 0.2) is 17.0 Å². The molecule has 0 saturated carbocycles. The Morgan fingerprint density at radius 1 is 1.19 bits per heavy atom. The Kier molecular flexibility index (Phi) is 5.95. The van der Waals surface area contributed by atoms with Gasteiger partial charge in [0.1, 0.15) is 0 Å². The minimum Gasteiger partial charge on any atom is -0.351 e. The third-order valence-corrected chi connectivity index (χ3v) is 5.97. The second-order valence-corrected chi connectivity index (χ2v) is 8.90. The van der Waals surface area contributed by atoms with E-state index in [2.05, 4.69) is 20.5 Å². The fraction of sp³-hybridized carbons (Fsp3) is 0.300. The van der Waals surface area contributed by atoms with E-state index in [9.17, 15) is 18.0 Å². The zero-order valence-corrected chi connectivity index (χ0v) is 18.6. The molecule has 0 unspecified atom stereocenters. The molecular formula is C20H18ClF3N6OS. The number of rotatable bonds is 6. The summed E-state index contributed by atoms with van der Waals surface area (Å²) in [5.41, 5.74) is 0.794. The SMILES string of the molecule is Cc1cc(C)n(CCCNC(=O)c2cc3nc(-c4ccc(Cl)s4)cc(C(F)(F)F)n3n2)n1. The topological polar surface area (TPSA) is 77.1 Å². The number of aryl methyl sites for hydroxylation is 3. The van der Waals surface area contributed by atoms with Crippen molar-refractivity contribution in [3.05, 3.63) is 57.4 Å². The molecule has 4 rings (SSSR count). The van der Waals surface area contributed by atoms with E-state index in [1.54, 1.807) is 12.1 Å². The summed E-state index contributed by atoms with van der Waals surface area (Å²) in [5, 5.41) is 10.9. The van der Waals surface area contributed by atoms with Crippen LogP contribution in [0.3, 0.4) is 0 Å². The molecule has 4 aromatic heterocycles. The number of amides is 1. The maximum absolute atomic E-state index is 13.7. The Morgan fingerprint density at radius 3 is 2.59 bits per heavy atom. The number of aromatic nitrogens is 5. The smallest absolute Gasteiger partial charge is 0.351 e. The second-order valence-electron chi connectivity index (χ2n) is 7.19. The van der Waals surface area contributed by atoms with Gasteiger partial charge in [-0.05, 0) is 44.5 Å². The molecule has 1 N–H and O–H groups in total. The number of carbonyl (C=O) groups excluding carboxylic acids is 1. The van der Waals surface area contributed by atoms with E-state index in [4.69, 9.17) is 11.6 Å². The summed E-state index contributed by atoms with van der Waals surface area (Å²) in [6, 6.07) is 7.28. The normalized spacial score (nSPS) is 11.9. The first-order valence-electron chi connectivity index (χ1n) is 9.65. The number of hydrogen-bond donors (Lipinski definition) is 1. The molecular weight excluding hydrogens is 465 g/mol. The Labute approximate surface area is 189 Å². The lowest BCUT2D eigenvalue weighted by Gasteiger charge is -2.10. The first-order valence-corrected chi connectivity index (χ1v) is 10.8. The highest BCUT2D eigenvalue weighted by Crippen LogP contribution is 2.35. The van der Waals surface area contributed by atoms with Crippen LogP contribution < -0.4 is 5.32 Å². The van der Waals surface area contributed by atoms with Gasteiger partial charge in [0.2, 0.25) is 0 Å². The van der Waals surface area contributed by atoms with Crippen molar-refractivity contribution in [3.63, 3.8) is 0 Å². The quantitative estimate of drug-likeness (QED) is 0.402. The van der Waals surface area contributed by atoms with E-state index in [1.165, 1.54) is 6.07 Å². The molecule has 0 saturated heterocycles. The van der Waals surface area contributed by atoms with Gasteiger partial charge in [-0.1, -0.05) is 11.6 Å². The van der Waals surface area contributed by atoms with Crippen molar-refractivity contribution < 1.29 is 18.0 Å². The largest absolute Gasteiger partial charge is 0.433 e. The lowest BCUT2D eigenvalue weighted by atomic mass is 10.2. The number of nitrogens with zero attached hydrogens (tertiary/aromatic N) is 5. The number of hydrogen-bond acceptors (Lipinski definition) is 5. The van der Waals surface area contributed by atoms with Crippen LogP contribution >= 0.6 is 22.9 Å². The molecule has 0 aliphatic rings. The van der Waals surface area contributed by atoms with E-state index in [0.717, 1.165) is 28.8 Å². The molecule has 0 spiro atoms. The van der Waals surface area contributed by atoms with Crippen LogP contribution in [0.25, 0.3) is 16.2 Å². The van der Waals surface area contributed by atoms with Crippen molar-refractivity contribution in [2.75, 3.05) is 6.54 Å². The molecule has 0 atom stereocenters. The van der Waals surface area contributed by atoms with Crippen LogP contribution in [0.15, 0.2) is 30.3 Å². The number of halogens is 4. The van der Waals surface area contributed by atoms with Crippen LogP contribution in [-0.4, -0.2) is 36.8 Å². The van der Waals surface area contributed by atoms with Gasteiger partial charge in [0.05, 0.1) is 20.6 Å². The fourth-order valence-electron chi connectivity index (χ4n) is 3.29. The maximum Gasteiger partial charge on any atom is 0.433 e. The number of thiophene rings is 1. The van der Waals surface area contributed by atoms with Gasteiger partial charge in [-0.15, -0.1) is 11.3 Å². The summed E-state index contributed by atoms with van der Waals surface area (Å²) < 4.78 is 43.9. The monoisotopic (exact) mass is 482 g/mol. The number of nitrogens with one attached hydrogen (secondary N) is 1. The molecule has 7 nitrogen and oxygen atoms in total. The van der Waals surface area contributed by atoms with Crippen LogP contribution in [0.5, 0.6) is 0 Å². The van der Waals surface area contributed by atoms with Crippen LogP contribution in [-0.2, 0) is 12.7 Å². The van der Waals surface area contributed by atoms with Crippen LogP contribution in [0.1, 0.15) is 34.0 Å². The zero-order chi connectivity index (χ0) is 23.0. The van der Waals surface area contributed by atoms with Crippen LogP contribution in [0.4, 0.5) is 13.2 Å². The van der Waals surface area contributed by atoms with Crippen molar-refractivity contribution in [1.82, 2.24) is 29.7 Å². The summed E-state index contributed by atoms with van der Waals surface area (Å²) in [7, 11) is 0. The highest BCUT2D eigenvalue weighted by atomic mass is 35.5. The summed E-state index contributed by atoms with van der Waals surface area (Å²) >= 11 is 7.02. The molecule has 4 aromatic rings. The lowest BCUT2D eigenvalue weighted by Crippen LogP contribution is -2.26. The highest BCUT2D eigenvalue weighted by Gasteiger charge is 2.35. The van der Waals surface area contributed by atoms with Gasteiger partial charge in [-0.2, -0.15) is 23.4 Å². The average Bonchev–Trinajstić information content (AvgIpc) is 3.41. The van der Waals surface area contributed by atoms with E-state index in [1.807, 2.05) is 24.6 Å². The van der Waals surface area contributed by atoms with Gasteiger partial charge in [0.25, 0.3) is 5.91 Å². The lowest BCUT2D eigenvalue weighted by molar-refractivity contribution is -0.142. The maximum atomic E-state index is 13.7. The predicted molar refractivity (Wildman–Crippen MR) is 115 cm³/mol. The summed E-state index contributed by atoms with van der Waals surface area (Å²) in [6.45, 7) is 4.77. The standard InChI is InChI=1S/C20H18ClF3N6OS/c1-11-8-12(2)29(27-11)7-3-6-25-19(31)14-10-18-26-13(15-4-5-17(21)32-15)9-16(20(22,23)24)30(18)28-14/h4-5,8-10H,3,6-7H2,1-2H3,(H,25,31). The third kappa shape index (κ3) is 4.63. The Hall–Kier alpha value is -2.92. The molecule has 32 heavy (non-hydrogen) atoms. The van der Waals surface area contributed by atoms with Crippen molar-refractivity contribution in [3.8, 4) is 10.6 Å². The molecule has 0 bridgehead atoms. The van der Waals surface area contributed by atoms with Crippen molar-refractivity contribution in [2.45, 2.75) is 33.0 Å². The molecule has 0 radical (unpaired) electrons. The van der Waals surface area contributed by atoms with Crippen molar-refractivity contribution in [1.29, 1.82) is 0 Å². The minimum atomic E-state index is -4.68. The number of alkyl halides is 3. The minimum absolute atomic E-state index is 0.0767. The summed E-state index contributed by atoms with van der Waals surface area (Å²) in [5.74, 6) is -0.572. The Bertz CT molecular complexity index is 1290. The molecule has 0 aliphatic heterocycles. The summed E-state index contributed by atoms with van der Waals surface area (Å²) in [6.07, 6.45) is -4.08. The number of carbonyl (C=O) groups is 1. The molecule has 4 heterocycles. The highest BCUT2D eigenvalue weighted by molar-refractivity contribution is 7.19.